The molecule has 35 heavy (non-hydrogen) atoms. The van der Waals surface area contributed by atoms with E-state index in [4.69, 9.17) is 0 Å². The number of rotatable bonds is 4. The zero-order valence-corrected chi connectivity index (χ0v) is 19.9. The maximum atomic E-state index is 13.4. The van der Waals surface area contributed by atoms with E-state index >= 15 is 0 Å². The molecule has 0 atom stereocenters. The molecule has 0 unspecified atom stereocenters. The number of aromatic nitrogens is 3. The maximum Gasteiger partial charge on any atom is 0.416 e. The molecule has 1 aliphatic heterocycles. The van der Waals surface area contributed by atoms with Crippen LogP contribution < -0.4 is 10.2 Å². The molecule has 0 spiro atoms. The fourth-order valence-electron chi connectivity index (χ4n) is 5.44. The van der Waals surface area contributed by atoms with Crippen LogP contribution in [0.15, 0.2) is 30.6 Å². The predicted molar refractivity (Wildman–Crippen MR) is 128 cm³/mol. The number of likely N-dealkylation sites (N-methyl/N-ethyl adjacent to an activating group) is 1. The number of amides is 1. The van der Waals surface area contributed by atoms with Gasteiger partial charge in [0.25, 0.3) is 0 Å². The number of nitrogens with zero attached hydrogens (tertiary/aromatic N) is 4. The van der Waals surface area contributed by atoms with Gasteiger partial charge in [0, 0.05) is 24.5 Å². The number of piperidine rings is 1. The first-order valence-corrected chi connectivity index (χ1v) is 11.9. The number of benzene rings is 1. The molecule has 10 heteroatoms. The molecule has 1 aliphatic carbocycles. The number of aryl methyl sites for hydroxylation is 2. The van der Waals surface area contributed by atoms with Gasteiger partial charge in [-0.05, 0) is 76.4 Å². The molecule has 0 radical (unpaired) electrons. The SMILES string of the molecule is CN(C)C1(C(=O)Nc2cccc(C(F)(F)F)c2)CCN(c2ncnc3[nH]c4c(c23)CCCC4)CC1. The van der Waals surface area contributed by atoms with E-state index < -0.39 is 17.3 Å². The van der Waals surface area contributed by atoms with Gasteiger partial charge in [-0.2, -0.15) is 13.2 Å². The minimum Gasteiger partial charge on any atom is -0.356 e. The number of H-pyrrole nitrogens is 1. The van der Waals surface area contributed by atoms with Crippen molar-refractivity contribution in [2.45, 2.75) is 50.2 Å². The Morgan fingerprint density at radius 2 is 1.89 bits per heavy atom. The molecule has 0 bridgehead atoms. The molecule has 1 aromatic carbocycles. The van der Waals surface area contributed by atoms with Crippen LogP contribution >= 0.6 is 0 Å². The van der Waals surface area contributed by atoms with E-state index in [-0.39, 0.29) is 11.6 Å². The molecular formula is C25H29F3N6O. The number of halogens is 3. The fourth-order valence-corrected chi connectivity index (χ4v) is 5.44. The average Bonchev–Trinajstić information content (AvgIpc) is 3.22. The van der Waals surface area contributed by atoms with Crippen LogP contribution in [0.4, 0.5) is 24.7 Å². The second kappa shape index (κ2) is 8.82. The van der Waals surface area contributed by atoms with E-state index in [9.17, 15) is 18.0 Å². The Morgan fingerprint density at radius 1 is 1.14 bits per heavy atom. The van der Waals surface area contributed by atoms with Crippen LogP contribution in [0, 0.1) is 0 Å². The minimum absolute atomic E-state index is 0.143. The van der Waals surface area contributed by atoms with Gasteiger partial charge >= 0.3 is 6.18 Å². The van der Waals surface area contributed by atoms with E-state index in [0.717, 1.165) is 48.2 Å². The minimum atomic E-state index is -4.47. The number of alkyl halides is 3. The molecule has 2 N–H and O–H groups in total. The smallest absolute Gasteiger partial charge is 0.356 e. The van der Waals surface area contributed by atoms with Crippen LogP contribution in [0.1, 0.15) is 42.5 Å². The molecule has 3 heterocycles. The second-order valence-electron chi connectivity index (χ2n) is 9.66. The molecule has 0 saturated carbocycles. The molecule has 1 saturated heterocycles. The van der Waals surface area contributed by atoms with Crippen molar-refractivity contribution in [3.05, 3.63) is 47.4 Å². The number of hydrogen-bond donors (Lipinski definition) is 2. The molecule has 1 amide bonds. The fraction of sp³-hybridized carbons (Fsp3) is 0.480. The summed E-state index contributed by atoms with van der Waals surface area (Å²) in [5.41, 5.74) is 1.92. The summed E-state index contributed by atoms with van der Waals surface area (Å²) < 4.78 is 39.4. The van der Waals surface area contributed by atoms with Crippen LogP contribution in [0.25, 0.3) is 11.0 Å². The van der Waals surface area contributed by atoms with Gasteiger partial charge in [-0.1, -0.05) is 6.07 Å². The van der Waals surface area contributed by atoms with Crippen molar-refractivity contribution >= 4 is 28.4 Å². The van der Waals surface area contributed by atoms with Crippen LogP contribution in [-0.2, 0) is 23.8 Å². The van der Waals surface area contributed by atoms with Crippen LogP contribution in [0.5, 0.6) is 0 Å². The first-order chi connectivity index (χ1) is 16.7. The Labute approximate surface area is 201 Å². The number of nitrogens with one attached hydrogen (secondary N) is 2. The summed E-state index contributed by atoms with van der Waals surface area (Å²) in [6.07, 6.45) is 2.48. The molecule has 1 fully saturated rings. The van der Waals surface area contributed by atoms with Crippen molar-refractivity contribution in [2.75, 3.05) is 37.4 Å². The maximum absolute atomic E-state index is 13.4. The number of fused-ring (bicyclic) bond motifs is 3. The number of carbonyl (C=O) groups excluding carboxylic acids is 1. The summed E-state index contributed by atoms with van der Waals surface area (Å²) >= 11 is 0. The first kappa shape index (κ1) is 23.6. The monoisotopic (exact) mass is 486 g/mol. The molecule has 3 aromatic rings. The molecule has 186 valence electrons. The van der Waals surface area contributed by atoms with Gasteiger partial charge in [-0.25, -0.2) is 9.97 Å². The second-order valence-corrected chi connectivity index (χ2v) is 9.66. The third-order valence-corrected chi connectivity index (χ3v) is 7.48. The molecule has 5 rings (SSSR count). The van der Waals surface area contributed by atoms with Crippen LogP contribution in [0.2, 0.25) is 0 Å². The Kier molecular flexibility index (Phi) is 5.94. The lowest BCUT2D eigenvalue weighted by molar-refractivity contribution is -0.137. The Bertz CT molecular complexity index is 1240. The van der Waals surface area contributed by atoms with Gasteiger partial charge in [0.15, 0.2) is 0 Å². The van der Waals surface area contributed by atoms with E-state index in [1.807, 2.05) is 19.0 Å². The van der Waals surface area contributed by atoms with Crippen LogP contribution in [-0.4, -0.2) is 58.5 Å². The van der Waals surface area contributed by atoms with Crippen molar-refractivity contribution in [3.63, 3.8) is 0 Å². The van der Waals surface area contributed by atoms with Crippen molar-refractivity contribution in [2.24, 2.45) is 0 Å². The molecule has 2 aliphatic rings. The Hall–Kier alpha value is -3.14. The topological polar surface area (TPSA) is 77.2 Å². The van der Waals surface area contributed by atoms with E-state index in [1.165, 1.54) is 29.8 Å². The lowest BCUT2D eigenvalue weighted by Gasteiger charge is -2.45. The summed E-state index contributed by atoms with van der Waals surface area (Å²) in [5.74, 6) is 0.591. The Morgan fingerprint density at radius 3 is 2.60 bits per heavy atom. The quantitative estimate of drug-likeness (QED) is 0.572. The number of hydrogen-bond acceptors (Lipinski definition) is 5. The van der Waals surface area contributed by atoms with Gasteiger partial charge in [-0.3, -0.25) is 9.69 Å². The number of anilines is 2. The summed E-state index contributed by atoms with van der Waals surface area (Å²) in [7, 11) is 3.68. The predicted octanol–water partition coefficient (Wildman–Crippen LogP) is 4.39. The van der Waals surface area contributed by atoms with Gasteiger partial charge in [0.05, 0.1) is 10.9 Å². The number of aromatic amines is 1. The van der Waals surface area contributed by atoms with Crippen molar-refractivity contribution in [3.8, 4) is 0 Å². The zero-order valence-electron chi connectivity index (χ0n) is 19.9. The lowest BCUT2D eigenvalue weighted by atomic mass is 9.85. The van der Waals surface area contributed by atoms with Crippen molar-refractivity contribution in [1.82, 2.24) is 19.9 Å². The molecular weight excluding hydrogens is 457 g/mol. The van der Waals surface area contributed by atoms with Gasteiger partial charge in [0.1, 0.15) is 23.3 Å². The largest absolute Gasteiger partial charge is 0.416 e. The standard InChI is InChI=1S/C25H29F3N6O/c1-33(2)24(23(35)31-17-7-5-6-16(14-17)25(26,27)28)10-12-34(13-11-24)22-20-18-8-3-4-9-19(18)32-21(20)29-15-30-22/h5-7,14-15H,3-4,8-13H2,1-2H3,(H,31,35)(H,29,30,32). The highest BCUT2D eigenvalue weighted by atomic mass is 19.4. The van der Waals surface area contributed by atoms with E-state index in [2.05, 4.69) is 25.2 Å². The van der Waals surface area contributed by atoms with Gasteiger partial charge in [0.2, 0.25) is 5.91 Å². The zero-order chi connectivity index (χ0) is 24.8. The highest BCUT2D eigenvalue weighted by molar-refractivity contribution is 5.98. The normalized spacial score (nSPS) is 18.1. The summed E-state index contributed by atoms with van der Waals surface area (Å²) in [5, 5.41) is 3.81. The van der Waals surface area contributed by atoms with Gasteiger partial charge in [-0.15, -0.1) is 0 Å². The summed E-state index contributed by atoms with van der Waals surface area (Å²) in [6, 6.07) is 4.76. The highest BCUT2D eigenvalue weighted by Crippen LogP contribution is 2.37. The summed E-state index contributed by atoms with van der Waals surface area (Å²) in [6.45, 7) is 1.19. The summed E-state index contributed by atoms with van der Waals surface area (Å²) in [4.78, 5) is 30.0. The third-order valence-electron chi connectivity index (χ3n) is 7.48. The third kappa shape index (κ3) is 4.24. The number of carbonyl (C=O) groups is 1. The van der Waals surface area contributed by atoms with E-state index in [1.54, 1.807) is 6.33 Å². The average molecular weight is 487 g/mol. The lowest BCUT2D eigenvalue weighted by Crippen LogP contribution is -2.59. The van der Waals surface area contributed by atoms with E-state index in [0.29, 0.717) is 25.9 Å². The first-order valence-electron chi connectivity index (χ1n) is 11.9. The van der Waals surface area contributed by atoms with Crippen molar-refractivity contribution in [1.29, 1.82) is 0 Å². The van der Waals surface area contributed by atoms with Crippen molar-refractivity contribution < 1.29 is 18.0 Å². The highest BCUT2D eigenvalue weighted by Gasteiger charge is 2.44. The van der Waals surface area contributed by atoms with Crippen LogP contribution in [0.3, 0.4) is 0 Å². The molecule has 2 aromatic heterocycles. The Balaban J connectivity index is 1.37. The van der Waals surface area contributed by atoms with Gasteiger partial charge < -0.3 is 15.2 Å². The molecule has 7 nitrogen and oxygen atoms in total.